The fourth-order valence-corrected chi connectivity index (χ4v) is 3.03. The number of amides is 1. The molecule has 2 rings (SSSR count). The summed E-state index contributed by atoms with van der Waals surface area (Å²) in [5.41, 5.74) is 1.04. The number of nitrogens with one attached hydrogen (secondary N) is 2. The van der Waals surface area contributed by atoms with E-state index in [4.69, 9.17) is 0 Å². The minimum Gasteiger partial charge on any atom is -0.383 e. The van der Waals surface area contributed by atoms with E-state index in [-0.39, 0.29) is 18.1 Å². The van der Waals surface area contributed by atoms with Gasteiger partial charge in [0.2, 0.25) is 5.91 Å². The number of hydrogen-bond donors (Lipinski definition) is 2. The molecule has 0 atom stereocenters. The Morgan fingerprint density at radius 2 is 1.78 bits per heavy atom. The normalized spacial score (nSPS) is 11.3. The van der Waals surface area contributed by atoms with Crippen molar-refractivity contribution in [3.63, 3.8) is 0 Å². The van der Waals surface area contributed by atoms with Gasteiger partial charge in [-0.05, 0) is 17.9 Å². The van der Waals surface area contributed by atoms with Gasteiger partial charge in [0.05, 0.1) is 5.75 Å². The predicted octanol–water partition coefficient (Wildman–Crippen LogP) is 2.19. The van der Waals surface area contributed by atoms with Gasteiger partial charge in [0, 0.05) is 36.8 Å². The fourth-order valence-electron chi connectivity index (χ4n) is 2.36. The molecule has 124 valence electrons. The maximum atomic E-state index is 11.6. The minimum absolute atomic E-state index is 0.0503. The van der Waals surface area contributed by atoms with Gasteiger partial charge in [-0.25, -0.2) is 8.42 Å². The summed E-state index contributed by atoms with van der Waals surface area (Å²) in [5.74, 6) is -0.0670. The second-order valence-electron chi connectivity index (χ2n) is 5.54. The molecule has 0 radical (unpaired) electrons. The predicted molar refractivity (Wildman–Crippen MR) is 94.4 cm³/mol. The van der Waals surface area contributed by atoms with Crippen LogP contribution in [0.1, 0.15) is 12.8 Å². The van der Waals surface area contributed by atoms with Crippen LogP contribution in [0.5, 0.6) is 0 Å². The van der Waals surface area contributed by atoms with Crippen molar-refractivity contribution in [3.8, 4) is 0 Å². The molecular weight excluding hydrogens is 312 g/mol. The van der Waals surface area contributed by atoms with Crippen LogP contribution in [0.25, 0.3) is 10.8 Å². The molecule has 0 spiro atoms. The van der Waals surface area contributed by atoms with Gasteiger partial charge >= 0.3 is 0 Å². The van der Waals surface area contributed by atoms with Gasteiger partial charge in [-0.2, -0.15) is 0 Å². The van der Waals surface area contributed by atoms with E-state index < -0.39 is 9.84 Å². The highest BCUT2D eigenvalue weighted by atomic mass is 32.2. The van der Waals surface area contributed by atoms with E-state index in [1.165, 1.54) is 11.6 Å². The van der Waals surface area contributed by atoms with E-state index >= 15 is 0 Å². The van der Waals surface area contributed by atoms with Crippen LogP contribution in [0.15, 0.2) is 42.5 Å². The molecule has 6 heteroatoms. The Balaban J connectivity index is 1.74. The third kappa shape index (κ3) is 5.90. The highest BCUT2D eigenvalue weighted by Crippen LogP contribution is 2.22. The Labute approximate surface area is 137 Å². The van der Waals surface area contributed by atoms with Crippen LogP contribution in [0.3, 0.4) is 0 Å². The first-order valence-electron chi connectivity index (χ1n) is 7.62. The van der Waals surface area contributed by atoms with Crippen molar-refractivity contribution in [2.45, 2.75) is 12.8 Å². The van der Waals surface area contributed by atoms with Crippen molar-refractivity contribution in [2.75, 3.05) is 30.4 Å². The SMILES string of the molecule is CS(=O)(=O)CCCC(=O)NCCNc1cccc2ccccc12. The number of benzene rings is 2. The summed E-state index contributed by atoms with van der Waals surface area (Å²) in [6, 6.07) is 14.2. The minimum atomic E-state index is -2.99. The Bertz CT molecular complexity index is 767. The molecule has 0 aromatic heterocycles. The molecule has 23 heavy (non-hydrogen) atoms. The second kappa shape index (κ2) is 7.97. The molecule has 0 bridgehead atoms. The van der Waals surface area contributed by atoms with Gasteiger partial charge in [-0.3, -0.25) is 4.79 Å². The van der Waals surface area contributed by atoms with E-state index in [1.54, 1.807) is 0 Å². The lowest BCUT2D eigenvalue weighted by molar-refractivity contribution is -0.121. The highest BCUT2D eigenvalue weighted by Gasteiger charge is 2.05. The number of hydrogen-bond acceptors (Lipinski definition) is 4. The number of sulfone groups is 1. The number of rotatable bonds is 8. The quantitative estimate of drug-likeness (QED) is 0.726. The summed E-state index contributed by atoms with van der Waals surface area (Å²) in [4.78, 5) is 11.6. The van der Waals surface area contributed by atoms with Gasteiger partial charge in [-0.15, -0.1) is 0 Å². The first kappa shape index (κ1) is 17.3. The van der Waals surface area contributed by atoms with Gasteiger partial charge in [0.1, 0.15) is 9.84 Å². The van der Waals surface area contributed by atoms with Crippen molar-refractivity contribution < 1.29 is 13.2 Å². The third-order valence-electron chi connectivity index (χ3n) is 3.47. The maximum Gasteiger partial charge on any atom is 0.220 e. The first-order valence-corrected chi connectivity index (χ1v) is 9.68. The zero-order valence-electron chi connectivity index (χ0n) is 13.2. The number of carbonyl (C=O) groups excluding carboxylic acids is 1. The molecule has 2 aromatic carbocycles. The molecule has 0 unspecified atom stereocenters. The lowest BCUT2D eigenvalue weighted by atomic mass is 10.1. The number of fused-ring (bicyclic) bond motifs is 1. The van der Waals surface area contributed by atoms with E-state index in [1.807, 2.05) is 24.3 Å². The molecule has 0 fully saturated rings. The smallest absolute Gasteiger partial charge is 0.220 e. The molecule has 5 nitrogen and oxygen atoms in total. The Morgan fingerprint density at radius 1 is 1.04 bits per heavy atom. The summed E-state index contributed by atoms with van der Waals surface area (Å²) < 4.78 is 22.0. The van der Waals surface area contributed by atoms with Crippen molar-refractivity contribution in [1.29, 1.82) is 0 Å². The van der Waals surface area contributed by atoms with E-state index in [2.05, 4.69) is 28.8 Å². The van der Waals surface area contributed by atoms with Crippen LogP contribution in [-0.4, -0.2) is 39.4 Å². The molecule has 2 N–H and O–H groups in total. The summed E-state index contributed by atoms with van der Waals surface area (Å²) >= 11 is 0. The van der Waals surface area contributed by atoms with Crippen LogP contribution >= 0.6 is 0 Å². The first-order chi connectivity index (χ1) is 11.0. The highest BCUT2D eigenvalue weighted by molar-refractivity contribution is 7.90. The van der Waals surface area contributed by atoms with Crippen molar-refractivity contribution >= 4 is 32.2 Å². The monoisotopic (exact) mass is 334 g/mol. The lowest BCUT2D eigenvalue weighted by Crippen LogP contribution is -2.28. The van der Waals surface area contributed by atoms with Gasteiger partial charge in [0.25, 0.3) is 0 Å². The summed E-state index contributed by atoms with van der Waals surface area (Å²) in [6.45, 7) is 1.12. The maximum absolute atomic E-state index is 11.6. The molecule has 0 saturated carbocycles. The topological polar surface area (TPSA) is 75.3 Å². The number of anilines is 1. The van der Waals surface area contributed by atoms with Gasteiger partial charge in [-0.1, -0.05) is 36.4 Å². The van der Waals surface area contributed by atoms with Gasteiger partial charge in [0.15, 0.2) is 0 Å². The van der Waals surface area contributed by atoms with Crippen LogP contribution in [-0.2, 0) is 14.6 Å². The summed E-state index contributed by atoms with van der Waals surface area (Å²) in [7, 11) is -2.99. The Hall–Kier alpha value is -2.08. The fraction of sp³-hybridized carbons (Fsp3) is 0.353. The van der Waals surface area contributed by atoms with Crippen LogP contribution in [0, 0.1) is 0 Å². The summed E-state index contributed by atoms with van der Waals surface area (Å²) in [5, 5.41) is 8.42. The zero-order chi connectivity index (χ0) is 16.7. The molecule has 0 saturated heterocycles. The van der Waals surface area contributed by atoms with Crippen molar-refractivity contribution in [3.05, 3.63) is 42.5 Å². The number of carbonyl (C=O) groups is 1. The molecule has 0 aliphatic carbocycles. The largest absolute Gasteiger partial charge is 0.383 e. The van der Waals surface area contributed by atoms with Crippen molar-refractivity contribution in [2.24, 2.45) is 0 Å². The zero-order valence-corrected chi connectivity index (χ0v) is 14.0. The molecule has 1 amide bonds. The standard InChI is InChI=1S/C17H22N2O3S/c1-23(21,22)13-5-10-17(20)19-12-11-18-16-9-4-7-14-6-2-3-8-15(14)16/h2-4,6-9,18H,5,10-13H2,1H3,(H,19,20). The molecule has 0 aliphatic rings. The molecule has 0 heterocycles. The van der Waals surface area contributed by atoms with Crippen LogP contribution < -0.4 is 10.6 Å². The van der Waals surface area contributed by atoms with E-state index in [0.29, 0.717) is 19.5 Å². The van der Waals surface area contributed by atoms with Crippen molar-refractivity contribution in [1.82, 2.24) is 5.32 Å². The van der Waals surface area contributed by atoms with Gasteiger partial charge < -0.3 is 10.6 Å². The van der Waals surface area contributed by atoms with Crippen LogP contribution in [0.2, 0.25) is 0 Å². The van der Waals surface area contributed by atoms with Crippen LogP contribution in [0.4, 0.5) is 5.69 Å². The lowest BCUT2D eigenvalue weighted by Gasteiger charge is -2.10. The van der Waals surface area contributed by atoms with E-state index in [9.17, 15) is 13.2 Å². The Morgan fingerprint density at radius 3 is 2.57 bits per heavy atom. The Kier molecular flexibility index (Phi) is 5.98. The molecular formula is C17H22N2O3S. The van der Waals surface area contributed by atoms with E-state index in [0.717, 1.165) is 11.1 Å². The third-order valence-corrected chi connectivity index (χ3v) is 4.50. The average Bonchev–Trinajstić information content (AvgIpc) is 2.50. The second-order valence-corrected chi connectivity index (χ2v) is 7.80. The average molecular weight is 334 g/mol. The molecule has 0 aliphatic heterocycles. The summed E-state index contributed by atoms with van der Waals surface area (Å²) in [6.07, 6.45) is 1.78. The molecule has 2 aromatic rings.